The van der Waals surface area contributed by atoms with Crippen molar-refractivity contribution in [1.82, 2.24) is 20.1 Å². The second-order valence-corrected chi connectivity index (χ2v) is 5.98. The molecule has 1 saturated heterocycles. The van der Waals surface area contributed by atoms with Gasteiger partial charge in [0.2, 0.25) is 5.91 Å². The molecule has 0 unspecified atom stereocenters. The highest BCUT2D eigenvalue weighted by molar-refractivity contribution is 5.90. The normalized spacial score (nSPS) is 14.7. The number of aromatic amines is 1. The number of methoxy groups -OCH3 is 1. The van der Waals surface area contributed by atoms with E-state index >= 15 is 0 Å². The van der Waals surface area contributed by atoms with Crippen molar-refractivity contribution in [2.45, 2.75) is 25.7 Å². The van der Waals surface area contributed by atoms with Crippen LogP contribution >= 0.6 is 0 Å². The summed E-state index contributed by atoms with van der Waals surface area (Å²) in [6.07, 6.45) is 7.31. The molecule has 3 heterocycles. The first-order chi connectivity index (χ1) is 11.7. The minimum absolute atomic E-state index is 0.00369. The lowest BCUT2D eigenvalue weighted by molar-refractivity contribution is -0.116. The molecule has 1 fully saturated rings. The number of hydrogen-bond donors (Lipinski definition) is 2. The summed E-state index contributed by atoms with van der Waals surface area (Å²) < 4.78 is 5.16. The number of hydrogen-bond acceptors (Lipinski definition) is 5. The van der Waals surface area contributed by atoms with Crippen molar-refractivity contribution in [2.75, 3.05) is 32.1 Å². The Morgan fingerprint density at radius 3 is 2.96 bits per heavy atom. The van der Waals surface area contributed by atoms with Gasteiger partial charge in [-0.05, 0) is 45.0 Å². The van der Waals surface area contributed by atoms with Gasteiger partial charge >= 0.3 is 0 Å². The van der Waals surface area contributed by atoms with Gasteiger partial charge in [-0.25, -0.2) is 0 Å². The van der Waals surface area contributed by atoms with Crippen molar-refractivity contribution < 1.29 is 9.53 Å². The number of nitrogens with zero attached hydrogens (tertiary/aromatic N) is 3. The van der Waals surface area contributed by atoms with Gasteiger partial charge in [-0.3, -0.25) is 14.9 Å². The first-order valence-electron chi connectivity index (χ1n) is 8.31. The van der Waals surface area contributed by atoms with Gasteiger partial charge in [-0.15, -0.1) is 0 Å². The number of carbonyl (C=O) groups excluding carboxylic acids is 1. The molecule has 0 aliphatic carbocycles. The van der Waals surface area contributed by atoms with Gasteiger partial charge in [0.05, 0.1) is 19.0 Å². The molecule has 0 saturated carbocycles. The highest BCUT2D eigenvalue weighted by Crippen LogP contribution is 2.22. The number of pyridine rings is 1. The average Bonchev–Trinajstić information content (AvgIpc) is 3.27. The summed E-state index contributed by atoms with van der Waals surface area (Å²) in [4.78, 5) is 18.5. The molecule has 1 amide bonds. The van der Waals surface area contributed by atoms with E-state index in [1.807, 2.05) is 6.07 Å². The van der Waals surface area contributed by atoms with Crippen LogP contribution in [0.3, 0.4) is 0 Å². The Bertz CT molecular complexity index is 679. The lowest BCUT2D eigenvalue weighted by Crippen LogP contribution is -2.22. The van der Waals surface area contributed by atoms with E-state index in [4.69, 9.17) is 4.74 Å². The highest BCUT2D eigenvalue weighted by Gasteiger charge is 2.12. The standard InChI is InChI=1S/C17H23N5O2/c1-24-14-9-13(11-18-12-14)15-10-16(21-20-15)19-17(23)5-4-8-22-6-2-3-7-22/h9-12H,2-8H2,1H3,(H2,19,20,21,23). The zero-order valence-electron chi connectivity index (χ0n) is 13.9. The van der Waals surface area contributed by atoms with E-state index in [0.29, 0.717) is 18.0 Å². The van der Waals surface area contributed by atoms with Crippen molar-refractivity contribution in [1.29, 1.82) is 0 Å². The van der Waals surface area contributed by atoms with E-state index in [2.05, 4.69) is 25.4 Å². The van der Waals surface area contributed by atoms with Crippen molar-refractivity contribution in [3.63, 3.8) is 0 Å². The Labute approximate surface area is 141 Å². The predicted octanol–water partition coefficient (Wildman–Crippen LogP) is 2.29. The molecule has 7 nitrogen and oxygen atoms in total. The summed E-state index contributed by atoms with van der Waals surface area (Å²) in [5.74, 6) is 1.20. The molecule has 2 N–H and O–H groups in total. The summed E-state index contributed by atoms with van der Waals surface area (Å²) in [5.41, 5.74) is 1.64. The van der Waals surface area contributed by atoms with Gasteiger partial charge in [0.25, 0.3) is 0 Å². The molecular formula is C17H23N5O2. The topological polar surface area (TPSA) is 83.1 Å². The molecule has 3 rings (SSSR count). The summed E-state index contributed by atoms with van der Waals surface area (Å²) in [7, 11) is 1.60. The molecule has 0 bridgehead atoms. The zero-order chi connectivity index (χ0) is 16.8. The molecule has 2 aromatic heterocycles. The number of likely N-dealkylation sites (tertiary alicyclic amines) is 1. The molecule has 0 atom stereocenters. The summed E-state index contributed by atoms with van der Waals surface area (Å²) in [6, 6.07) is 3.66. The van der Waals surface area contributed by atoms with Gasteiger partial charge in [0, 0.05) is 24.2 Å². The number of nitrogens with one attached hydrogen (secondary N) is 2. The Balaban J connectivity index is 1.50. The van der Waals surface area contributed by atoms with Gasteiger partial charge in [-0.2, -0.15) is 5.10 Å². The number of rotatable bonds is 7. The molecule has 0 spiro atoms. The predicted molar refractivity (Wildman–Crippen MR) is 91.9 cm³/mol. The second kappa shape index (κ2) is 7.92. The Morgan fingerprint density at radius 2 is 2.17 bits per heavy atom. The van der Waals surface area contributed by atoms with Crippen LogP contribution in [0.2, 0.25) is 0 Å². The molecule has 128 valence electrons. The molecule has 0 aromatic carbocycles. The van der Waals surface area contributed by atoms with E-state index in [1.165, 1.54) is 25.9 Å². The largest absolute Gasteiger partial charge is 0.495 e. The number of carbonyl (C=O) groups is 1. The number of aromatic nitrogens is 3. The molecule has 24 heavy (non-hydrogen) atoms. The number of ether oxygens (including phenoxy) is 1. The maximum Gasteiger partial charge on any atom is 0.225 e. The first kappa shape index (κ1) is 16.4. The van der Waals surface area contributed by atoms with Gasteiger partial charge in [0.1, 0.15) is 5.75 Å². The van der Waals surface area contributed by atoms with Gasteiger partial charge < -0.3 is 15.0 Å². The Hall–Kier alpha value is -2.41. The van der Waals surface area contributed by atoms with E-state index in [-0.39, 0.29) is 5.91 Å². The van der Waals surface area contributed by atoms with Crippen LogP contribution in [0.25, 0.3) is 11.3 Å². The summed E-state index contributed by atoms with van der Waals surface area (Å²) in [6.45, 7) is 3.33. The van der Waals surface area contributed by atoms with Crippen LogP contribution < -0.4 is 10.1 Å². The SMILES string of the molecule is COc1cncc(-c2cc(NC(=O)CCCN3CCCC3)n[nH]2)c1. The third-order valence-corrected chi connectivity index (χ3v) is 4.18. The lowest BCUT2D eigenvalue weighted by atomic mass is 10.2. The minimum atomic E-state index is -0.00369. The Kier molecular flexibility index (Phi) is 5.43. The van der Waals surface area contributed by atoms with Crippen LogP contribution in [-0.2, 0) is 4.79 Å². The molecule has 2 aromatic rings. The van der Waals surface area contributed by atoms with Crippen LogP contribution in [0.4, 0.5) is 5.82 Å². The fraction of sp³-hybridized carbons (Fsp3) is 0.471. The van der Waals surface area contributed by atoms with E-state index in [1.54, 1.807) is 25.6 Å². The van der Waals surface area contributed by atoms with Crippen LogP contribution in [0.15, 0.2) is 24.5 Å². The first-order valence-corrected chi connectivity index (χ1v) is 8.31. The smallest absolute Gasteiger partial charge is 0.225 e. The number of amides is 1. The minimum Gasteiger partial charge on any atom is -0.495 e. The van der Waals surface area contributed by atoms with E-state index < -0.39 is 0 Å². The Morgan fingerprint density at radius 1 is 1.33 bits per heavy atom. The maximum absolute atomic E-state index is 12.0. The number of anilines is 1. The van der Waals surface area contributed by atoms with Crippen LogP contribution in [-0.4, -0.2) is 52.7 Å². The third kappa shape index (κ3) is 4.32. The molecule has 1 aliphatic heterocycles. The summed E-state index contributed by atoms with van der Waals surface area (Å²) in [5, 5.41) is 9.88. The molecular weight excluding hydrogens is 306 g/mol. The molecule has 0 radical (unpaired) electrons. The second-order valence-electron chi connectivity index (χ2n) is 5.98. The third-order valence-electron chi connectivity index (χ3n) is 4.18. The van der Waals surface area contributed by atoms with Crippen LogP contribution in [0.5, 0.6) is 5.75 Å². The number of H-pyrrole nitrogens is 1. The van der Waals surface area contributed by atoms with Crippen molar-refractivity contribution in [3.05, 3.63) is 24.5 Å². The highest BCUT2D eigenvalue weighted by atomic mass is 16.5. The fourth-order valence-electron chi connectivity index (χ4n) is 2.89. The summed E-state index contributed by atoms with van der Waals surface area (Å²) >= 11 is 0. The molecule has 1 aliphatic rings. The van der Waals surface area contributed by atoms with Crippen molar-refractivity contribution >= 4 is 11.7 Å². The zero-order valence-corrected chi connectivity index (χ0v) is 13.9. The molecule has 7 heteroatoms. The van der Waals surface area contributed by atoms with Crippen molar-refractivity contribution in [3.8, 4) is 17.0 Å². The lowest BCUT2D eigenvalue weighted by Gasteiger charge is -2.13. The van der Waals surface area contributed by atoms with Gasteiger partial charge in [-0.1, -0.05) is 0 Å². The quantitative estimate of drug-likeness (QED) is 0.814. The van der Waals surface area contributed by atoms with Gasteiger partial charge in [0.15, 0.2) is 5.82 Å². The average molecular weight is 329 g/mol. The monoisotopic (exact) mass is 329 g/mol. The van der Waals surface area contributed by atoms with Crippen LogP contribution in [0.1, 0.15) is 25.7 Å². The van der Waals surface area contributed by atoms with Crippen LogP contribution in [0, 0.1) is 0 Å². The fourth-order valence-corrected chi connectivity index (χ4v) is 2.89. The maximum atomic E-state index is 12.0. The van der Waals surface area contributed by atoms with E-state index in [0.717, 1.165) is 24.2 Å². The van der Waals surface area contributed by atoms with Crippen molar-refractivity contribution in [2.24, 2.45) is 0 Å². The van der Waals surface area contributed by atoms with E-state index in [9.17, 15) is 4.79 Å².